The number of para-hydroxylation sites is 1. The number of halogens is 1. The van der Waals surface area contributed by atoms with E-state index in [1.165, 1.54) is 12.7 Å². The number of anilines is 1. The third-order valence-electron chi connectivity index (χ3n) is 4.45. The molecule has 0 spiro atoms. The zero-order chi connectivity index (χ0) is 19.7. The second-order valence-corrected chi connectivity index (χ2v) is 6.64. The standard InChI is InChI=1S/C17H18ClN5O5/c18-9-3-1-2-8(4-19-15-11-16(21-6-20-11)23-7-22-15)14(9)28-17-13(26)12(25)10(5-24)27-17/h1-3,6-7,10,12-13,17,24-26H,4-5H2,(H2,19,20,21,22,23)/t10-,12-,13-,17?/m1/s1. The molecule has 3 aromatic rings. The van der Waals surface area contributed by atoms with Crippen LogP contribution in [0.5, 0.6) is 5.75 Å². The van der Waals surface area contributed by atoms with Gasteiger partial charge in [0.15, 0.2) is 11.5 Å². The van der Waals surface area contributed by atoms with Gasteiger partial charge in [0, 0.05) is 12.1 Å². The number of nitrogens with one attached hydrogen (secondary N) is 2. The van der Waals surface area contributed by atoms with E-state index in [2.05, 4.69) is 25.3 Å². The first-order valence-corrected chi connectivity index (χ1v) is 8.90. The molecule has 28 heavy (non-hydrogen) atoms. The minimum atomic E-state index is -1.32. The van der Waals surface area contributed by atoms with E-state index in [-0.39, 0.29) is 0 Å². The predicted molar refractivity (Wildman–Crippen MR) is 98.9 cm³/mol. The molecule has 4 rings (SSSR count). The van der Waals surface area contributed by atoms with Gasteiger partial charge < -0.3 is 35.1 Å². The van der Waals surface area contributed by atoms with Gasteiger partial charge in [-0.2, -0.15) is 0 Å². The van der Waals surface area contributed by atoms with Crippen molar-refractivity contribution in [1.82, 2.24) is 19.9 Å². The van der Waals surface area contributed by atoms with E-state index in [4.69, 9.17) is 21.1 Å². The second-order valence-electron chi connectivity index (χ2n) is 6.23. The maximum atomic E-state index is 10.1. The van der Waals surface area contributed by atoms with Crippen molar-refractivity contribution in [2.45, 2.75) is 31.1 Å². The van der Waals surface area contributed by atoms with Gasteiger partial charge in [0.2, 0.25) is 6.29 Å². The highest BCUT2D eigenvalue weighted by molar-refractivity contribution is 6.32. The quantitative estimate of drug-likeness (QED) is 0.392. The molecule has 5 N–H and O–H groups in total. The molecule has 4 atom stereocenters. The lowest BCUT2D eigenvalue weighted by atomic mass is 10.1. The maximum Gasteiger partial charge on any atom is 0.229 e. The van der Waals surface area contributed by atoms with Crippen molar-refractivity contribution in [3.63, 3.8) is 0 Å². The number of imidazole rings is 1. The van der Waals surface area contributed by atoms with Crippen LogP contribution >= 0.6 is 11.6 Å². The molecule has 1 aliphatic rings. The second kappa shape index (κ2) is 7.86. The van der Waals surface area contributed by atoms with Crippen LogP contribution in [0.4, 0.5) is 5.82 Å². The SMILES string of the molecule is OC[C@H]1OC(Oc2c(Cl)cccc2CNc2ncnc3nc[nH]c23)[C@H](O)[C@@H]1O. The first kappa shape index (κ1) is 18.8. The molecule has 3 heterocycles. The first-order chi connectivity index (χ1) is 13.6. The monoisotopic (exact) mass is 407 g/mol. The maximum absolute atomic E-state index is 10.1. The molecular weight excluding hydrogens is 390 g/mol. The molecule has 0 aliphatic carbocycles. The minimum absolute atomic E-state index is 0.293. The van der Waals surface area contributed by atoms with Crippen LogP contribution in [0, 0.1) is 0 Å². The van der Waals surface area contributed by atoms with Gasteiger partial charge >= 0.3 is 0 Å². The Bertz CT molecular complexity index is 970. The largest absolute Gasteiger partial charge is 0.460 e. The molecule has 1 saturated heterocycles. The number of hydrogen-bond acceptors (Lipinski definition) is 9. The number of fused-ring (bicyclic) bond motifs is 1. The Labute approximate surface area is 164 Å². The molecule has 0 bridgehead atoms. The highest BCUT2D eigenvalue weighted by atomic mass is 35.5. The molecule has 10 nitrogen and oxygen atoms in total. The van der Waals surface area contributed by atoms with E-state index in [1.807, 2.05) is 0 Å². The summed E-state index contributed by atoms with van der Waals surface area (Å²) in [7, 11) is 0. The van der Waals surface area contributed by atoms with E-state index in [1.54, 1.807) is 18.2 Å². The number of H-pyrrole nitrogens is 1. The molecular formula is C17H18ClN5O5. The Kier molecular flexibility index (Phi) is 5.29. The van der Waals surface area contributed by atoms with Crippen molar-refractivity contribution in [2.75, 3.05) is 11.9 Å². The van der Waals surface area contributed by atoms with Crippen LogP contribution in [0.25, 0.3) is 11.2 Å². The van der Waals surface area contributed by atoms with Crippen molar-refractivity contribution in [2.24, 2.45) is 0 Å². The average Bonchev–Trinajstić information content (AvgIpc) is 3.28. The molecule has 0 radical (unpaired) electrons. The summed E-state index contributed by atoms with van der Waals surface area (Å²) in [5, 5.41) is 32.7. The zero-order valence-electron chi connectivity index (χ0n) is 14.5. The Morgan fingerprint density at radius 2 is 2.07 bits per heavy atom. The molecule has 1 aliphatic heterocycles. The molecule has 1 fully saturated rings. The van der Waals surface area contributed by atoms with Gasteiger partial charge in [-0.3, -0.25) is 0 Å². The molecule has 148 valence electrons. The predicted octanol–water partition coefficient (Wildman–Crippen LogP) is 0.436. The Morgan fingerprint density at radius 3 is 2.86 bits per heavy atom. The van der Waals surface area contributed by atoms with E-state index in [0.717, 1.165) is 0 Å². The molecule has 2 aromatic heterocycles. The number of aromatic nitrogens is 4. The molecule has 11 heteroatoms. The number of aliphatic hydroxyl groups excluding tert-OH is 3. The van der Waals surface area contributed by atoms with Crippen LogP contribution in [0.3, 0.4) is 0 Å². The Hall–Kier alpha value is -2.50. The van der Waals surface area contributed by atoms with Crippen LogP contribution in [0.2, 0.25) is 5.02 Å². The smallest absolute Gasteiger partial charge is 0.229 e. The van der Waals surface area contributed by atoms with Crippen molar-refractivity contribution >= 4 is 28.6 Å². The normalized spacial score (nSPS) is 24.6. The lowest BCUT2D eigenvalue weighted by molar-refractivity contribution is -0.116. The highest BCUT2D eigenvalue weighted by Gasteiger charge is 2.44. The number of aliphatic hydroxyl groups is 3. The van der Waals surface area contributed by atoms with Gasteiger partial charge in [-0.05, 0) is 6.07 Å². The number of ether oxygens (including phenoxy) is 2. The van der Waals surface area contributed by atoms with E-state index < -0.39 is 31.2 Å². The molecule has 0 saturated carbocycles. The van der Waals surface area contributed by atoms with Crippen LogP contribution < -0.4 is 10.1 Å². The van der Waals surface area contributed by atoms with E-state index in [0.29, 0.717) is 39.9 Å². The van der Waals surface area contributed by atoms with Gasteiger partial charge in [0.25, 0.3) is 0 Å². The van der Waals surface area contributed by atoms with Gasteiger partial charge in [0.1, 0.15) is 35.9 Å². The van der Waals surface area contributed by atoms with Crippen molar-refractivity contribution in [3.05, 3.63) is 41.4 Å². The number of hydrogen-bond donors (Lipinski definition) is 5. The lowest BCUT2D eigenvalue weighted by Gasteiger charge is -2.20. The summed E-state index contributed by atoms with van der Waals surface area (Å²) >= 11 is 6.28. The van der Waals surface area contributed by atoms with Gasteiger partial charge in [-0.1, -0.05) is 23.7 Å². The summed E-state index contributed by atoms with van der Waals surface area (Å²) in [6, 6.07) is 5.19. The van der Waals surface area contributed by atoms with Gasteiger partial charge in [-0.15, -0.1) is 0 Å². The van der Waals surface area contributed by atoms with Gasteiger partial charge in [-0.25, -0.2) is 15.0 Å². The number of aromatic amines is 1. The fraction of sp³-hybridized carbons (Fsp3) is 0.353. The van der Waals surface area contributed by atoms with Crippen LogP contribution in [0.1, 0.15) is 5.56 Å². The van der Waals surface area contributed by atoms with Crippen molar-refractivity contribution < 1.29 is 24.8 Å². The Balaban J connectivity index is 1.54. The summed E-state index contributed by atoms with van der Waals surface area (Å²) in [4.78, 5) is 15.3. The summed E-state index contributed by atoms with van der Waals surface area (Å²) in [6.45, 7) is -0.140. The summed E-state index contributed by atoms with van der Waals surface area (Å²) in [5.41, 5.74) is 1.87. The van der Waals surface area contributed by atoms with E-state index >= 15 is 0 Å². The van der Waals surface area contributed by atoms with Crippen LogP contribution in [-0.2, 0) is 11.3 Å². The summed E-state index contributed by atoms with van der Waals surface area (Å²) in [5.74, 6) is 0.850. The lowest BCUT2D eigenvalue weighted by Crippen LogP contribution is -2.35. The minimum Gasteiger partial charge on any atom is -0.460 e. The fourth-order valence-corrected chi connectivity index (χ4v) is 3.22. The fourth-order valence-electron chi connectivity index (χ4n) is 2.98. The number of benzene rings is 1. The zero-order valence-corrected chi connectivity index (χ0v) is 15.2. The van der Waals surface area contributed by atoms with Crippen molar-refractivity contribution in [3.8, 4) is 5.75 Å². The van der Waals surface area contributed by atoms with E-state index in [9.17, 15) is 15.3 Å². The molecule has 1 aromatic carbocycles. The topological polar surface area (TPSA) is 146 Å². The number of nitrogens with zero attached hydrogens (tertiary/aromatic N) is 3. The third-order valence-corrected chi connectivity index (χ3v) is 4.75. The third kappa shape index (κ3) is 3.48. The highest BCUT2D eigenvalue weighted by Crippen LogP contribution is 2.33. The first-order valence-electron chi connectivity index (χ1n) is 8.53. The molecule has 0 amide bonds. The number of rotatable bonds is 6. The Morgan fingerprint density at radius 1 is 1.21 bits per heavy atom. The summed E-state index contributed by atoms with van der Waals surface area (Å²) in [6.07, 6.45) is -1.74. The van der Waals surface area contributed by atoms with Gasteiger partial charge in [0.05, 0.1) is 18.0 Å². The summed E-state index contributed by atoms with van der Waals surface area (Å²) < 4.78 is 11.1. The van der Waals surface area contributed by atoms with Crippen LogP contribution in [-0.4, -0.2) is 66.5 Å². The van der Waals surface area contributed by atoms with Crippen molar-refractivity contribution in [1.29, 1.82) is 0 Å². The average molecular weight is 408 g/mol. The molecule has 1 unspecified atom stereocenters. The van der Waals surface area contributed by atoms with Crippen LogP contribution in [0.15, 0.2) is 30.9 Å².